The third kappa shape index (κ3) is 2.72. The number of para-hydroxylation sites is 1. The van der Waals surface area contributed by atoms with Crippen molar-refractivity contribution in [2.24, 2.45) is 0 Å². The highest BCUT2D eigenvalue weighted by molar-refractivity contribution is 9.10. The number of anilines is 2. The number of nitrogens with zero attached hydrogens (tertiary/aromatic N) is 1. The van der Waals surface area contributed by atoms with E-state index >= 15 is 0 Å². The molecule has 1 aliphatic heterocycles. The van der Waals surface area contributed by atoms with E-state index in [1.54, 1.807) is 6.92 Å². The van der Waals surface area contributed by atoms with Crippen molar-refractivity contribution in [3.05, 3.63) is 58.1 Å². The smallest absolute Gasteiger partial charge is 0.0772 e. The van der Waals surface area contributed by atoms with Crippen LogP contribution in [0, 0.1) is 0 Å². The number of fused-ring (bicyclic) bond motifs is 1. The van der Waals surface area contributed by atoms with Crippen LogP contribution in [-0.4, -0.2) is 11.1 Å². The van der Waals surface area contributed by atoms with Gasteiger partial charge in [0, 0.05) is 21.9 Å². The molecule has 0 amide bonds. The van der Waals surface area contributed by atoms with E-state index in [0.29, 0.717) is 6.04 Å². The molecule has 2 atom stereocenters. The molecular weight excluding hydrogens is 326 g/mol. The number of halogens is 1. The normalized spacial score (nSPS) is 19.2. The lowest BCUT2D eigenvalue weighted by molar-refractivity contribution is 0.198. The fourth-order valence-electron chi connectivity index (χ4n) is 3.09. The summed E-state index contributed by atoms with van der Waals surface area (Å²) in [5.74, 6) is 0. The van der Waals surface area contributed by atoms with Gasteiger partial charge in [-0.2, -0.15) is 0 Å². The van der Waals surface area contributed by atoms with E-state index in [-0.39, 0.29) is 0 Å². The van der Waals surface area contributed by atoms with Crippen molar-refractivity contribution in [1.82, 2.24) is 0 Å². The van der Waals surface area contributed by atoms with E-state index < -0.39 is 6.10 Å². The Hall–Kier alpha value is -1.32. The van der Waals surface area contributed by atoms with Crippen LogP contribution in [-0.2, 0) is 6.42 Å². The van der Waals surface area contributed by atoms with Crippen LogP contribution in [0.3, 0.4) is 0 Å². The molecule has 0 radical (unpaired) electrons. The maximum atomic E-state index is 9.77. The minimum Gasteiger partial charge on any atom is -0.389 e. The van der Waals surface area contributed by atoms with Gasteiger partial charge in [0.05, 0.1) is 6.10 Å². The molecule has 0 saturated heterocycles. The molecule has 2 aromatic rings. The van der Waals surface area contributed by atoms with Crippen molar-refractivity contribution >= 4 is 27.3 Å². The summed E-state index contributed by atoms with van der Waals surface area (Å²) in [7, 11) is 0. The molecule has 2 unspecified atom stereocenters. The predicted octanol–water partition coefficient (Wildman–Crippen LogP) is 4.98. The van der Waals surface area contributed by atoms with Crippen LogP contribution in [0.15, 0.2) is 46.9 Å². The van der Waals surface area contributed by atoms with E-state index in [0.717, 1.165) is 22.9 Å². The van der Waals surface area contributed by atoms with E-state index in [9.17, 15) is 5.11 Å². The van der Waals surface area contributed by atoms with Gasteiger partial charge in [0.1, 0.15) is 0 Å². The summed E-state index contributed by atoms with van der Waals surface area (Å²) < 4.78 is 0.963. The third-order valence-corrected chi connectivity index (χ3v) is 4.92. The molecule has 1 N–H and O–H groups in total. The molecule has 110 valence electrons. The lowest BCUT2D eigenvalue weighted by Crippen LogP contribution is -2.33. The van der Waals surface area contributed by atoms with Crippen molar-refractivity contribution in [3.8, 4) is 0 Å². The summed E-state index contributed by atoms with van der Waals surface area (Å²) >= 11 is 3.59. The standard InChI is InChI=1S/C18H20BrNO/c1-12-7-8-14-5-3-4-6-18(14)20(12)15-9-10-16(13(2)21)17(19)11-15/h3-6,9-13,21H,7-8H2,1-2H3. The molecule has 0 bridgehead atoms. The van der Waals surface area contributed by atoms with Crippen molar-refractivity contribution in [1.29, 1.82) is 0 Å². The first-order chi connectivity index (χ1) is 10.1. The van der Waals surface area contributed by atoms with Crippen molar-refractivity contribution in [3.63, 3.8) is 0 Å². The van der Waals surface area contributed by atoms with Gasteiger partial charge >= 0.3 is 0 Å². The molecule has 2 aromatic carbocycles. The summed E-state index contributed by atoms with van der Waals surface area (Å²) in [6, 6.07) is 15.3. The summed E-state index contributed by atoms with van der Waals surface area (Å²) in [5, 5.41) is 9.77. The summed E-state index contributed by atoms with van der Waals surface area (Å²) in [6.07, 6.45) is 1.84. The first-order valence-electron chi connectivity index (χ1n) is 7.42. The Balaban J connectivity index is 2.05. The molecule has 3 rings (SSSR count). The quantitative estimate of drug-likeness (QED) is 0.829. The van der Waals surface area contributed by atoms with E-state index in [2.05, 4.69) is 64.2 Å². The molecule has 1 heterocycles. The highest BCUT2D eigenvalue weighted by Gasteiger charge is 2.24. The molecule has 21 heavy (non-hydrogen) atoms. The monoisotopic (exact) mass is 345 g/mol. The number of hydrogen-bond acceptors (Lipinski definition) is 2. The molecule has 3 heteroatoms. The second-order valence-corrected chi connectivity index (χ2v) is 6.62. The van der Waals surface area contributed by atoms with Crippen LogP contribution in [0.25, 0.3) is 0 Å². The molecular formula is C18H20BrNO. The van der Waals surface area contributed by atoms with Gasteiger partial charge in [0.25, 0.3) is 0 Å². The molecule has 0 fully saturated rings. The third-order valence-electron chi connectivity index (χ3n) is 4.24. The fraction of sp³-hybridized carbons (Fsp3) is 0.333. The lowest BCUT2D eigenvalue weighted by atomic mass is 9.95. The molecule has 0 aromatic heterocycles. The summed E-state index contributed by atoms with van der Waals surface area (Å²) in [5.41, 5.74) is 4.81. The molecule has 0 spiro atoms. The Labute approximate surface area is 134 Å². The SMILES string of the molecule is CC(O)c1ccc(N2c3ccccc3CCC2C)cc1Br. The van der Waals surface area contributed by atoms with Crippen LogP contribution in [0.2, 0.25) is 0 Å². The van der Waals surface area contributed by atoms with Crippen LogP contribution in [0.5, 0.6) is 0 Å². The molecule has 0 aliphatic carbocycles. The van der Waals surface area contributed by atoms with Crippen LogP contribution >= 0.6 is 15.9 Å². The van der Waals surface area contributed by atoms with Gasteiger partial charge in [-0.1, -0.05) is 40.2 Å². The van der Waals surface area contributed by atoms with E-state index in [1.165, 1.54) is 16.9 Å². The number of aliphatic hydroxyl groups excluding tert-OH is 1. The predicted molar refractivity (Wildman–Crippen MR) is 91.1 cm³/mol. The zero-order chi connectivity index (χ0) is 15.0. The zero-order valence-electron chi connectivity index (χ0n) is 12.4. The number of benzene rings is 2. The minimum absolute atomic E-state index is 0.459. The topological polar surface area (TPSA) is 23.5 Å². The fourth-order valence-corrected chi connectivity index (χ4v) is 3.78. The second-order valence-electron chi connectivity index (χ2n) is 5.77. The second kappa shape index (κ2) is 5.82. The Morgan fingerprint density at radius 2 is 2.00 bits per heavy atom. The van der Waals surface area contributed by atoms with Crippen LogP contribution in [0.4, 0.5) is 11.4 Å². The number of aliphatic hydroxyl groups is 1. The first kappa shape index (κ1) is 14.6. The van der Waals surface area contributed by atoms with Crippen molar-refractivity contribution in [2.75, 3.05) is 4.90 Å². The zero-order valence-corrected chi connectivity index (χ0v) is 14.0. The summed E-state index contributed by atoms with van der Waals surface area (Å²) in [4.78, 5) is 2.40. The van der Waals surface area contributed by atoms with Crippen LogP contribution < -0.4 is 4.90 Å². The Morgan fingerprint density at radius 3 is 2.71 bits per heavy atom. The van der Waals surface area contributed by atoms with Crippen molar-refractivity contribution < 1.29 is 5.11 Å². The van der Waals surface area contributed by atoms with Gasteiger partial charge in [-0.3, -0.25) is 0 Å². The maximum absolute atomic E-state index is 9.77. The van der Waals surface area contributed by atoms with E-state index in [1.807, 2.05) is 6.07 Å². The summed E-state index contributed by atoms with van der Waals surface area (Å²) in [6.45, 7) is 4.06. The van der Waals surface area contributed by atoms with E-state index in [4.69, 9.17) is 0 Å². The Morgan fingerprint density at radius 1 is 1.24 bits per heavy atom. The molecule has 2 nitrogen and oxygen atoms in total. The maximum Gasteiger partial charge on any atom is 0.0772 e. The number of rotatable bonds is 2. The lowest BCUT2D eigenvalue weighted by Gasteiger charge is -2.37. The molecule has 0 saturated carbocycles. The van der Waals surface area contributed by atoms with Gasteiger partial charge in [0.2, 0.25) is 0 Å². The highest BCUT2D eigenvalue weighted by atomic mass is 79.9. The number of hydrogen-bond donors (Lipinski definition) is 1. The molecule has 1 aliphatic rings. The first-order valence-corrected chi connectivity index (χ1v) is 8.22. The largest absolute Gasteiger partial charge is 0.389 e. The van der Waals surface area contributed by atoms with Gasteiger partial charge in [-0.05, 0) is 56.0 Å². The highest BCUT2D eigenvalue weighted by Crippen LogP contribution is 2.38. The van der Waals surface area contributed by atoms with Gasteiger partial charge in [-0.25, -0.2) is 0 Å². The number of aryl methyl sites for hydroxylation is 1. The Bertz CT molecular complexity index is 653. The average Bonchev–Trinajstić information content (AvgIpc) is 2.46. The van der Waals surface area contributed by atoms with Crippen LogP contribution in [0.1, 0.15) is 37.5 Å². The van der Waals surface area contributed by atoms with Crippen molar-refractivity contribution in [2.45, 2.75) is 38.8 Å². The minimum atomic E-state index is -0.459. The Kier molecular flexibility index (Phi) is 4.05. The average molecular weight is 346 g/mol. The van der Waals surface area contributed by atoms with Gasteiger partial charge in [0.15, 0.2) is 0 Å². The van der Waals surface area contributed by atoms with Gasteiger partial charge < -0.3 is 10.0 Å². The van der Waals surface area contributed by atoms with Gasteiger partial charge in [-0.15, -0.1) is 0 Å².